The molecule has 0 saturated heterocycles. The number of aromatic nitrogens is 1. The van der Waals surface area contributed by atoms with Crippen molar-refractivity contribution in [3.8, 4) is 0 Å². The van der Waals surface area contributed by atoms with Crippen molar-refractivity contribution in [2.45, 2.75) is 25.9 Å². The van der Waals surface area contributed by atoms with Crippen LogP contribution >= 0.6 is 0 Å². The number of nitro groups is 1. The van der Waals surface area contributed by atoms with Crippen LogP contribution in [0.2, 0.25) is 0 Å². The van der Waals surface area contributed by atoms with Gasteiger partial charge in [0.15, 0.2) is 6.20 Å². The van der Waals surface area contributed by atoms with Crippen molar-refractivity contribution in [3.05, 3.63) is 28.4 Å². The molecule has 0 saturated carbocycles. The lowest BCUT2D eigenvalue weighted by atomic mass is 10.2. The molecule has 16 heavy (non-hydrogen) atoms. The average Bonchev–Trinajstić information content (AvgIpc) is 2.29. The fraction of sp³-hybridized carbons (Fsp3) is 0.500. The van der Waals surface area contributed by atoms with Gasteiger partial charge in [0, 0.05) is 12.6 Å². The number of aliphatic hydroxyl groups excluding tert-OH is 1. The maximum absolute atomic E-state index is 10.3. The van der Waals surface area contributed by atoms with Crippen molar-refractivity contribution in [1.29, 1.82) is 0 Å². The summed E-state index contributed by atoms with van der Waals surface area (Å²) in [6.45, 7) is 2.53. The Balaban J connectivity index is 2.40. The zero-order chi connectivity index (χ0) is 12.0. The van der Waals surface area contributed by atoms with Gasteiger partial charge in [-0.3, -0.25) is 0 Å². The Labute approximate surface area is 93.5 Å². The van der Waals surface area contributed by atoms with Gasteiger partial charge >= 0.3 is 5.82 Å². The number of hydrogen-bond donors (Lipinski definition) is 2. The molecule has 0 amide bonds. The summed E-state index contributed by atoms with van der Waals surface area (Å²) in [5, 5.41) is 22.7. The van der Waals surface area contributed by atoms with E-state index in [1.165, 1.54) is 12.3 Å². The van der Waals surface area contributed by atoms with E-state index in [-0.39, 0.29) is 11.9 Å². The summed E-state index contributed by atoms with van der Waals surface area (Å²) in [5.74, 6) is -0.167. The summed E-state index contributed by atoms with van der Waals surface area (Å²) >= 11 is 0. The molecule has 1 atom stereocenters. The molecular formula is C10H15N3O3. The summed E-state index contributed by atoms with van der Waals surface area (Å²) in [7, 11) is 0. The summed E-state index contributed by atoms with van der Waals surface area (Å²) in [5.41, 5.74) is 0.717. The topological polar surface area (TPSA) is 88.3 Å². The van der Waals surface area contributed by atoms with Crippen molar-refractivity contribution < 1.29 is 10.0 Å². The number of aliphatic hydroxyl groups is 1. The largest absolute Gasteiger partial charge is 0.393 e. The first-order valence-electron chi connectivity index (χ1n) is 5.16. The first-order chi connectivity index (χ1) is 7.63. The summed E-state index contributed by atoms with van der Waals surface area (Å²) < 4.78 is 0. The van der Waals surface area contributed by atoms with Crippen LogP contribution in [0.25, 0.3) is 0 Å². The van der Waals surface area contributed by atoms with Crippen molar-refractivity contribution in [2.75, 3.05) is 11.9 Å². The fourth-order valence-electron chi connectivity index (χ4n) is 1.19. The lowest BCUT2D eigenvalue weighted by Gasteiger charge is -2.08. The molecule has 0 radical (unpaired) electrons. The van der Waals surface area contributed by atoms with E-state index in [9.17, 15) is 15.2 Å². The molecule has 0 aliphatic carbocycles. The third-order valence-electron chi connectivity index (χ3n) is 2.21. The van der Waals surface area contributed by atoms with E-state index in [0.717, 1.165) is 6.42 Å². The van der Waals surface area contributed by atoms with Crippen molar-refractivity contribution in [2.24, 2.45) is 0 Å². The molecule has 1 aromatic rings. The molecule has 0 spiro atoms. The molecular weight excluding hydrogens is 210 g/mol. The Kier molecular flexibility index (Phi) is 4.65. The Hall–Kier alpha value is -1.69. The molecule has 88 valence electrons. The highest BCUT2D eigenvalue weighted by Gasteiger charge is 2.06. The first kappa shape index (κ1) is 12.4. The van der Waals surface area contributed by atoms with E-state index < -0.39 is 4.92 Å². The number of anilines is 1. The third kappa shape index (κ3) is 3.82. The molecule has 1 aromatic heterocycles. The first-order valence-corrected chi connectivity index (χ1v) is 5.16. The molecule has 0 aromatic carbocycles. The lowest BCUT2D eigenvalue weighted by Crippen LogP contribution is -2.12. The van der Waals surface area contributed by atoms with Gasteiger partial charge in [0.05, 0.1) is 11.8 Å². The van der Waals surface area contributed by atoms with Crippen LogP contribution in [0.3, 0.4) is 0 Å². The lowest BCUT2D eigenvalue weighted by molar-refractivity contribution is -0.389. The molecule has 0 bridgehead atoms. The molecule has 0 aliphatic heterocycles. The molecule has 6 nitrogen and oxygen atoms in total. The quantitative estimate of drug-likeness (QED) is 0.566. The van der Waals surface area contributed by atoms with Gasteiger partial charge in [0.2, 0.25) is 0 Å². The van der Waals surface area contributed by atoms with Gasteiger partial charge in [-0.1, -0.05) is 6.92 Å². The van der Waals surface area contributed by atoms with E-state index in [1.807, 2.05) is 6.92 Å². The monoisotopic (exact) mass is 225 g/mol. The minimum atomic E-state index is -0.537. The number of nitrogens with zero attached hydrogens (tertiary/aromatic N) is 2. The fourth-order valence-corrected chi connectivity index (χ4v) is 1.19. The van der Waals surface area contributed by atoms with Gasteiger partial charge < -0.3 is 20.5 Å². The highest BCUT2D eigenvalue weighted by molar-refractivity contribution is 5.43. The number of pyridine rings is 1. The van der Waals surface area contributed by atoms with Crippen molar-refractivity contribution in [3.63, 3.8) is 0 Å². The molecule has 0 fully saturated rings. The zero-order valence-electron chi connectivity index (χ0n) is 9.09. The zero-order valence-corrected chi connectivity index (χ0v) is 9.09. The highest BCUT2D eigenvalue weighted by atomic mass is 16.6. The van der Waals surface area contributed by atoms with Crippen LogP contribution in [0.5, 0.6) is 0 Å². The molecule has 0 aliphatic rings. The average molecular weight is 225 g/mol. The Morgan fingerprint density at radius 3 is 2.88 bits per heavy atom. The molecule has 1 heterocycles. The minimum absolute atomic E-state index is 0.167. The van der Waals surface area contributed by atoms with Gasteiger partial charge in [-0.05, 0) is 28.8 Å². The van der Waals surface area contributed by atoms with Crippen LogP contribution in [0, 0.1) is 10.1 Å². The normalized spacial score (nSPS) is 12.1. The summed E-state index contributed by atoms with van der Waals surface area (Å²) in [4.78, 5) is 13.5. The minimum Gasteiger partial charge on any atom is -0.393 e. The van der Waals surface area contributed by atoms with Crippen molar-refractivity contribution in [1.82, 2.24) is 4.98 Å². The highest BCUT2D eigenvalue weighted by Crippen LogP contribution is 2.11. The molecule has 1 unspecified atom stereocenters. The molecule has 2 N–H and O–H groups in total. The van der Waals surface area contributed by atoms with E-state index in [1.54, 1.807) is 6.07 Å². The van der Waals surface area contributed by atoms with Gasteiger partial charge in [0.25, 0.3) is 0 Å². The SMILES string of the molecule is CCC(O)CCNc1ccc([N+](=O)[O-])nc1. The number of nitrogens with one attached hydrogen (secondary N) is 1. The van der Waals surface area contributed by atoms with Crippen LogP contribution in [0.4, 0.5) is 11.5 Å². The van der Waals surface area contributed by atoms with Gasteiger partial charge in [-0.15, -0.1) is 0 Å². The Morgan fingerprint density at radius 2 is 2.38 bits per heavy atom. The standard InChI is InChI=1S/C10H15N3O3/c1-2-9(14)5-6-11-8-3-4-10(12-7-8)13(15)16/h3-4,7,9,11,14H,2,5-6H2,1H3. The van der Waals surface area contributed by atoms with Gasteiger partial charge in [-0.25, -0.2) is 0 Å². The second-order valence-corrected chi connectivity index (χ2v) is 3.44. The maximum Gasteiger partial charge on any atom is 0.363 e. The van der Waals surface area contributed by atoms with E-state index in [0.29, 0.717) is 18.7 Å². The van der Waals surface area contributed by atoms with Crippen LogP contribution in [0.15, 0.2) is 18.3 Å². The summed E-state index contributed by atoms with van der Waals surface area (Å²) in [6, 6.07) is 2.95. The van der Waals surface area contributed by atoms with Crippen LogP contribution < -0.4 is 5.32 Å². The smallest absolute Gasteiger partial charge is 0.363 e. The van der Waals surface area contributed by atoms with E-state index in [4.69, 9.17) is 0 Å². The molecule has 1 rings (SSSR count). The second kappa shape index (κ2) is 6.02. The third-order valence-corrected chi connectivity index (χ3v) is 2.21. The number of rotatable bonds is 6. The predicted octanol–water partition coefficient (Wildman–Crippen LogP) is 1.56. The maximum atomic E-state index is 10.3. The summed E-state index contributed by atoms with van der Waals surface area (Å²) in [6.07, 6.45) is 2.47. The van der Waals surface area contributed by atoms with Crippen LogP contribution in [-0.4, -0.2) is 27.7 Å². The Morgan fingerprint density at radius 1 is 1.62 bits per heavy atom. The predicted molar refractivity (Wildman–Crippen MR) is 60.3 cm³/mol. The van der Waals surface area contributed by atoms with E-state index in [2.05, 4.69) is 10.3 Å². The molecule has 6 heteroatoms. The van der Waals surface area contributed by atoms with Crippen molar-refractivity contribution >= 4 is 11.5 Å². The van der Waals surface area contributed by atoms with Crippen LogP contribution in [0.1, 0.15) is 19.8 Å². The number of hydrogen-bond acceptors (Lipinski definition) is 5. The van der Waals surface area contributed by atoms with E-state index >= 15 is 0 Å². The Bertz CT molecular complexity index is 340. The van der Waals surface area contributed by atoms with Gasteiger partial charge in [-0.2, -0.15) is 0 Å². The van der Waals surface area contributed by atoms with Crippen LogP contribution in [-0.2, 0) is 0 Å². The van der Waals surface area contributed by atoms with Gasteiger partial charge in [0.1, 0.15) is 0 Å². The second-order valence-electron chi connectivity index (χ2n) is 3.44.